The minimum atomic E-state index is -2.49. The molecule has 0 fully saturated rings. The Balaban J connectivity index is 1.58. The second-order valence-corrected chi connectivity index (χ2v) is 25.9. The van der Waals surface area contributed by atoms with Crippen LogP contribution in [0, 0.1) is 0 Å². The summed E-state index contributed by atoms with van der Waals surface area (Å²) in [5, 5.41) is 0.448. The van der Waals surface area contributed by atoms with E-state index in [0.717, 1.165) is 29.7 Å². The zero-order valence-electron chi connectivity index (χ0n) is 31.9. The molecule has 0 saturated heterocycles. The Morgan fingerprint density at radius 1 is 0.824 bits per heavy atom. The average molecular weight is 720 g/mol. The van der Waals surface area contributed by atoms with Crippen molar-refractivity contribution in [2.75, 3.05) is 6.61 Å². The Labute approximate surface area is 305 Å². The highest BCUT2D eigenvalue weighted by Gasteiger charge is 2.43. The highest BCUT2D eigenvalue weighted by atomic mass is 28.4. The first kappa shape index (κ1) is 38.1. The predicted molar refractivity (Wildman–Crippen MR) is 213 cm³/mol. The van der Waals surface area contributed by atoms with Gasteiger partial charge in [0.15, 0.2) is 22.4 Å². The normalized spacial score (nSPS) is 13.9. The number of rotatable bonds is 13. The standard InChI is InChI=1S/C41H53N5O3Si2/c1-39(2,3)51(9,10)49-28-41(6,22-21-40(4,5)50(7,8)48)46-27-35(34-26-43-29-44-38(34)46)37(47)32-23-33(25-42-24-32)45-36(30-17-13-11-14-18-30)31-19-15-12-16-20-31/h11-20,23-27,29,48H,21-22,28H2,1-10H3. The molecular weight excluding hydrogens is 667 g/mol. The van der Waals surface area contributed by atoms with Gasteiger partial charge in [0.1, 0.15) is 12.0 Å². The SMILES string of the molecule is CC(CCC(C)(C)[Si](C)(C)O)(CO[Si](C)(C)C(C)(C)C)n1cc(C(=O)c2cncc(N=C(c3ccccc3)c3ccccc3)c2)c2cncnc21. The lowest BCUT2D eigenvalue weighted by atomic mass is 9.91. The topological polar surface area (TPSA) is 102 Å². The van der Waals surface area contributed by atoms with E-state index in [-0.39, 0.29) is 15.9 Å². The van der Waals surface area contributed by atoms with Crippen molar-refractivity contribution in [3.63, 3.8) is 0 Å². The van der Waals surface area contributed by atoms with E-state index in [1.54, 1.807) is 24.7 Å². The fourth-order valence-corrected chi connectivity index (χ4v) is 7.49. The second-order valence-electron chi connectivity index (χ2n) is 16.6. The lowest BCUT2D eigenvalue weighted by Gasteiger charge is -2.43. The second kappa shape index (κ2) is 14.5. The molecule has 2 aromatic carbocycles. The van der Waals surface area contributed by atoms with Crippen LogP contribution in [0.4, 0.5) is 5.69 Å². The van der Waals surface area contributed by atoms with E-state index >= 15 is 0 Å². The molecule has 0 amide bonds. The maximum absolute atomic E-state index is 14.5. The summed E-state index contributed by atoms with van der Waals surface area (Å²) >= 11 is 0. The van der Waals surface area contributed by atoms with Gasteiger partial charge in [0, 0.05) is 40.7 Å². The van der Waals surface area contributed by atoms with Gasteiger partial charge in [-0.15, -0.1) is 0 Å². The molecule has 1 unspecified atom stereocenters. The van der Waals surface area contributed by atoms with Crippen LogP contribution in [0.5, 0.6) is 0 Å². The van der Waals surface area contributed by atoms with Gasteiger partial charge < -0.3 is 13.8 Å². The summed E-state index contributed by atoms with van der Waals surface area (Å²) in [5.41, 5.74) is 4.33. The van der Waals surface area contributed by atoms with Crippen molar-refractivity contribution in [3.05, 3.63) is 120 Å². The summed E-state index contributed by atoms with van der Waals surface area (Å²) in [6.07, 6.45) is 9.94. The molecule has 3 aromatic heterocycles. The van der Waals surface area contributed by atoms with Crippen LogP contribution >= 0.6 is 0 Å². The van der Waals surface area contributed by atoms with Crippen molar-refractivity contribution in [2.45, 2.75) is 96.2 Å². The summed E-state index contributed by atoms with van der Waals surface area (Å²) in [5.74, 6) is -0.184. The van der Waals surface area contributed by atoms with Crippen LogP contribution in [0.25, 0.3) is 11.0 Å². The Morgan fingerprint density at radius 2 is 1.43 bits per heavy atom. The van der Waals surface area contributed by atoms with Crippen molar-refractivity contribution >= 4 is 44.9 Å². The Kier molecular flexibility index (Phi) is 10.8. The van der Waals surface area contributed by atoms with E-state index in [9.17, 15) is 9.59 Å². The van der Waals surface area contributed by atoms with E-state index in [4.69, 9.17) is 14.4 Å². The van der Waals surface area contributed by atoms with E-state index in [2.05, 4.69) is 69.2 Å². The number of nitrogens with zero attached hydrogens (tertiary/aromatic N) is 5. The predicted octanol–water partition coefficient (Wildman–Crippen LogP) is 9.72. The van der Waals surface area contributed by atoms with Gasteiger partial charge in [-0.25, -0.2) is 15.0 Å². The van der Waals surface area contributed by atoms with Crippen LogP contribution in [0.2, 0.25) is 36.3 Å². The van der Waals surface area contributed by atoms with E-state index in [1.165, 1.54) is 6.33 Å². The minimum Gasteiger partial charge on any atom is -0.432 e. The van der Waals surface area contributed by atoms with E-state index < -0.39 is 22.2 Å². The molecule has 5 aromatic rings. The van der Waals surface area contributed by atoms with E-state index in [0.29, 0.717) is 34.5 Å². The van der Waals surface area contributed by atoms with Gasteiger partial charge in [0.2, 0.25) is 0 Å². The van der Waals surface area contributed by atoms with Gasteiger partial charge in [-0.3, -0.25) is 9.78 Å². The highest BCUT2D eigenvalue weighted by molar-refractivity contribution is 6.74. The molecule has 5 rings (SSSR count). The number of ketones is 1. The van der Waals surface area contributed by atoms with Crippen LogP contribution < -0.4 is 0 Å². The average Bonchev–Trinajstić information content (AvgIpc) is 3.49. The number of hydrogen-bond acceptors (Lipinski definition) is 7. The van der Waals surface area contributed by atoms with Crippen molar-refractivity contribution in [3.8, 4) is 0 Å². The molecule has 0 aliphatic heterocycles. The molecule has 0 spiro atoms. The summed E-state index contributed by atoms with van der Waals surface area (Å²) in [4.78, 5) is 44.2. The largest absolute Gasteiger partial charge is 0.432 e. The van der Waals surface area contributed by atoms with Crippen LogP contribution in [-0.4, -0.2) is 59.1 Å². The summed E-state index contributed by atoms with van der Waals surface area (Å²) < 4.78 is 9.02. The lowest BCUT2D eigenvalue weighted by molar-refractivity contribution is 0.103. The number of carbonyl (C=O) groups excluding carboxylic acids is 1. The first-order chi connectivity index (χ1) is 23.8. The number of aliphatic imine (C=N–C) groups is 1. The molecule has 1 N–H and O–H groups in total. The third-order valence-corrected chi connectivity index (χ3v) is 19.2. The molecular formula is C41H53N5O3Si2. The number of aromatic nitrogens is 4. The van der Waals surface area contributed by atoms with Crippen LogP contribution in [0.1, 0.15) is 81.4 Å². The smallest absolute Gasteiger partial charge is 0.196 e. The minimum absolute atomic E-state index is 0.0244. The number of fused-ring (bicyclic) bond motifs is 1. The number of pyridine rings is 1. The molecule has 1 atom stereocenters. The monoisotopic (exact) mass is 719 g/mol. The van der Waals surface area contributed by atoms with Crippen LogP contribution in [0.3, 0.4) is 0 Å². The van der Waals surface area contributed by atoms with Gasteiger partial charge in [-0.1, -0.05) is 95.3 Å². The molecule has 8 nitrogen and oxygen atoms in total. The molecule has 51 heavy (non-hydrogen) atoms. The summed E-state index contributed by atoms with van der Waals surface area (Å²) in [6, 6.07) is 21.8. The van der Waals surface area contributed by atoms with Crippen molar-refractivity contribution in [1.82, 2.24) is 19.5 Å². The molecule has 0 aliphatic carbocycles. The van der Waals surface area contributed by atoms with Crippen molar-refractivity contribution in [2.24, 2.45) is 4.99 Å². The molecule has 268 valence electrons. The van der Waals surface area contributed by atoms with Gasteiger partial charge in [0.05, 0.1) is 35.3 Å². The maximum atomic E-state index is 14.5. The highest BCUT2D eigenvalue weighted by Crippen LogP contribution is 2.44. The summed E-state index contributed by atoms with van der Waals surface area (Å²) in [6.45, 7) is 22.2. The first-order valence-electron chi connectivity index (χ1n) is 17.7. The maximum Gasteiger partial charge on any atom is 0.196 e. The zero-order valence-corrected chi connectivity index (χ0v) is 33.9. The van der Waals surface area contributed by atoms with Crippen LogP contribution in [-0.2, 0) is 9.96 Å². The quantitative estimate of drug-likeness (QED) is 0.0739. The molecule has 0 bridgehead atoms. The third-order valence-electron chi connectivity index (χ3n) is 11.1. The van der Waals surface area contributed by atoms with E-state index in [1.807, 2.05) is 80.0 Å². The Bertz CT molecular complexity index is 1940. The lowest BCUT2D eigenvalue weighted by Crippen LogP contribution is -2.47. The van der Waals surface area contributed by atoms with Gasteiger partial charge >= 0.3 is 0 Å². The number of hydrogen-bond donors (Lipinski definition) is 1. The Hall–Kier alpha value is -4.10. The molecule has 3 heterocycles. The Morgan fingerprint density at radius 3 is 2.00 bits per heavy atom. The van der Waals surface area contributed by atoms with Crippen LogP contribution in [0.15, 0.2) is 103 Å². The third kappa shape index (κ3) is 8.36. The van der Waals surface area contributed by atoms with Crippen molar-refractivity contribution in [1.29, 1.82) is 0 Å². The number of carbonyl (C=O) groups is 1. The summed E-state index contributed by atoms with van der Waals surface area (Å²) in [7, 11) is -4.62. The molecule has 0 aliphatic rings. The zero-order chi connectivity index (χ0) is 37.2. The van der Waals surface area contributed by atoms with Crippen molar-refractivity contribution < 1.29 is 14.0 Å². The molecule has 0 saturated carbocycles. The van der Waals surface area contributed by atoms with Gasteiger partial charge in [-0.2, -0.15) is 0 Å². The fraction of sp³-hybridized carbons (Fsp3) is 0.390. The molecule has 0 radical (unpaired) electrons. The van der Waals surface area contributed by atoms with Gasteiger partial charge in [-0.05, 0) is 62.1 Å². The fourth-order valence-electron chi connectivity index (χ4n) is 5.65. The van der Waals surface area contributed by atoms with Gasteiger partial charge in [0.25, 0.3) is 0 Å². The first-order valence-corrected chi connectivity index (χ1v) is 23.6. The number of benzene rings is 2. The molecule has 10 heteroatoms.